The van der Waals surface area contributed by atoms with E-state index in [9.17, 15) is 14.9 Å². The number of nitrogens with zero attached hydrogens (tertiary/aromatic N) is 6. The fourth-order valence-corrected chi connectivity index (χ4v) is 3.99. The quantitative estimate of drug-likeness (QED) is 0.263. The molecule has 0 spiro atoms. The number of nitrogens with one attached hydrogen (secondary N) is 1. The molecule has 0 aliphatic carbocycles. The van der Waals surface area contributed by atoms with E-state index in [4.69, 9.17) is 32.7 Å². The zero-order chi connectivity index (χ0) is 24.9. The Morgan fingerprint density at radius 1 is 1.20 bits per heavy atom. The summed E-state index contributed by atoms with van der Waals surface area (Å²) in [5.74, 6) is 0.250. The van der Waals surface area contributed by atoms with Crippen LogP contribution < -0.4 is 10.2 Å². The number of aromatic nitrogens is 4. The van der Waals surface area contributed by atoms with Gasteiger partial charge in [0.05, 0.1) is 11.5 Å². The number of ether oxygens (including phenoxy) is 2. The molecule has 0 saturated carbocycles. The fourth-order valence-electron chi connectivity index (χ4n) is 3.67. The first kappa shape index (κ1) is 24.5. The van der Waals surface area contributed by atoms with Crippen LogP contribution >= 0.6 is 23.2 Å². The van der Waals surface area contributed by atoms with E-state index in [1.54, 1.807) is 40.7 Å². The van der Waals surface area contributed by atoms with E-state index in [0.717, 1.165) is 0 Å². The number of piperidine rings is 1. The molecule has 3 heterocycles. The van der Waals surface area contributed by atoms with Gasteiger partial charge in [0.1, 0.15) is 18.8 Å². The number of benzene rings is 1. The molecule has 1 aliphatic rings. The second-order valence-corrected chi connectivity index (χ2v) is 8.22. The van der Waals surface area contributed by atoms with Gasteiger partial charge in [0.2, 0.25) is 11.6 Å². The van der Waals surface area contributed by atoms with E-state index in [1.807, 2.05) is 0 Å². The molecule has 1 fully saturated rings. The molecular weight excluding hydrogens is 501 g/mol. The minimum atomic E-state index is -0.713. The lowest BCUT2D eigenvalue weighted by molar-refractivity contribution is -0.383. The van der Waals surface area contributed by atoms with Gasteiger partial charge in [0.15, 0.2) is 10.3 Å². The largest absolute Gasteiger partial charge is 0.508 e. The van der Waals surface area contributed by atoms with Crippen LogP contribution in [0.4, 0.5) is 27.8 Å². The monoisotopic (exact) mass is 521 g/mol. The Morgan fingerprint density at radius 3 is 2.51 bits per heavy atom. The first-order valence-corrected chi connectivity index (χ1v) is 11.5. The van der Waals surface area contributed by atoms with E-state index < -0.39 is 11.1 Å². The number of nitro groups is 1. The summed E-state index contributed by atoms with van der Waals surface area (Å²) >= 11 is 12.0. The van der Waals surface area contributed by atoms with Crippen molar-refractivity contribution < 1.29 is 19.2 Å². The lowest BCUT2D eigenvalue weighted by atomic mass is 10.1. The van der Waals surface area contributed by atoms with Crippen LogP contribution in [0.1, 0.15) is 19.8 Å². The lowest BCUT2D eigenvalue weighted by Crippen LogP contribution is -2.38. The molecule has 35 heavy (non-hydrogen) atoms. The molecule has 2 aromatic heterocycles. The Balaban J connectivity index is 1.50. The maximum Gasteiger partial charge on any atom is 0.508 e. The maximum atomic E-state index is 12.0. The summed E-state index contributed by atoms with van der Waals surface area (Å²) in [6, 6.07) is 6.97. The SMILES string of the molecule is CCOC(=O)OC1CCN(c2ncnc(Nc3ccc(-n4cnc(Cl)c4Cl)cc3)c2[N+](=O)[O-])CC1. The van der Waals surface area contributed by atoms with Crippen molar-refractivity contribution in [1.82, 2.24) is 19.5 Å². The third-order valence-corrected chi connectivity index (χ3v) is 6.06. The molecule has 12 nitrogen and oxygen atoms in total. The number of imidazole rings is 1. The zero-order valence-electron chi connectivity index (χ0n) is 18.6. The van der Waals surface area contributed by atoms with Crippen LogP contribution in [0, 0.1) is 10.1 Å². The lowest BCUT2D eigenvalue weighted by Gasteiger charge is -2.31. The second kappa shape index (κ2) is 10.7. The Kier molecular flexibility index (Phi) is 7.51. The third-order valence-electron chi connectivity index (χ3n) is 5.33. The third kappa shape index (κ3) is 5.54. The second-order valence-electron chi connectivity index (χ2n) is 7.51. The van der Waals surface area contributed by atoms with Crippen LogP contribution in [-0.4, -0.2) is 56.4 Å². The molecule has 14 heteroatoms. The van der Waals surface area contributed by atoms with Crippen LogP contribution in [-0.2, 0) is 9.47 Å². The van der Waals surface area contributed by atoms with Gasteiger partial charge in [0, 0.05) is 37.3 Å². The molecule has 0 amide bonds. The standard InChI is InChI=1S/C21H21Cl2N7O5/c1-2-34-21(31)35-15-7-9-28(10-8-15)20-16(30(32)33)19(24-11-25-20)27-13-3-5-14(6-4-13)29-12-26-17(22)18(29)23/h3-6,11-12,15H,2,7-10H2,1H3,(H,24,25,27). The van der Waals surface area contributed by atoms with E-state index in [2.05, 4.69) is 20.3 Å². The Hall–Kier alpha value is -3.64. The van der Waals surface area contributed by atoms with Crippen molar-refractivity contribution in [2.45, 2.75) is 25.9 Å². The topological polar surface area (TPSA) is 138 Å². The summed E-state index contributed by atoms with van der Waals surface area (Å²) in [6.45, 7) is 2.77. The van der Waals surface area contributed by atoms with Crippen molar-refractivity contribution in [3.05, 3.63) is 57.3 Å². The highest BCUT2D eigenvalue weighted by Crippen LogP contribution is 2.35. The highest BCUT2D eigenvalue weighted by molar-refractivity contribution is 6.40. The van der Waals surface area contributed by atoms with Crippen molar-refractivity contribution in [3.63, 3.8) is 0 Å². The summed E-state index contributed by atoms with van der Waals surface area (Å²) in [6.07, 6.45) is 2.72. The van der Waals surface area contributed by atoms with E-state index in [-0.39, 0.29) is 40.3 Å². The van der Waals surface area contributed by atoms with Crippen LogP contribution in [0.5, 0.6) is 0 Å². The molecule has 3 aromatic rings. The molecule has 1 N–H and O–H groups in total. The number of carbonyl (C=O) groups is 1. The number of carbonyl (C=O) groups excluding carboxylic acids is 1. The number of anilines is 3. The summed E-state index contributed by atoms with van der Waals surface area (Å²) < 4.78 is 11.7. The maximum absolute atomic E-state index is 12.0. The molecule has 0 unspecified atom stereocenters. The number of rotatable bonds is 7. The van der Waals surface area contributed by atoms with Gasteiger partial charge in [-0.2, -0.15) is 0 Å². The average molecular weight is 522 g/mol. The molecule has 1 saturated heterocycles. The summed E-state index contributed by atoms with van der Waals surface area (Å²) in [4.78, 5) is 37.0. The number of hydrogen-bond acceptors (Lipinski definition) is 10. The fraction of sp³-hybridized carbons (Fsp3) is 0.333. The minimum absolute atomic E-state index is 0.0568. The summed E-state index contributed by atoms with van der Waals surface area (Å²) in [5, 5.41) is 15.4. The van der Waals surface area contributed by atoms with Gasteiger partial charge < -0.3 is 19.7 Å². The predicted octanol–water partition coefficient (Wildman–Crippen LogP) is 4.76. The van der Waals surface area contributed by atoms with Crippen molar-refractivity contribution in [3.8, 4) is 5.69 Å². The summed E-state index contributed by atoms with van der Waals surface area (Å²) in [7, 11) is 0. The Bertz CT molecular complexity index is 1210. The van der Waals surface area contributed by atoms with Crippen LogP contribution in [0.2, 0.25) is 10.3 Å². The van der Waals surface area contributed by atoms with Gasteiger partial charge in [-0.3, -0.25) is 14.7 Å². The normalized spacial score (nSPS) is 14.0. The Morgan fingerprint density at radius 2 is 1.91 bits per heavy atom. The van der Waals surface area contributed by atoms with E-state index >= 15 is 0 Å². The average Bonchev–Trinajstić information content (AvgIpc) is 3.18. The predicted molar refractivity (Wildman–Crippen MR) is 129 cm³/mol. The van der Waals surface area contributed by atoms with Crippen LogP contribution in [0.3, 0.4) is 0 Å². The van der Waals surface area contributed by atoms with Crippen molar-refractivity contribution in [1.29, 1.82) is 0 Å². The number of hydrogen-bond donors (Lipinski definition) is 1. The van der Waals surface area contributed by atoms with Crippen molar-refractivity contribution in [2.24, 2.45) is 0 Å². The molecular formula is C21H21Cl2N7O5. The summed E-state index contributed by atoms with van der Waals surface area (Å²) in [5.41, 5.74) is 1.04. The van der Waals surface area contributed by atoms with E-state index in [0.29, 0.717) is 37.3 Å². The van der Waals surface area contributed by atoms with Gasteiger partial charge in [-0.05, 0) is 31.2 Å². The molecule has 0 atom stereocenters. The van der Waals surface area contributed by atoms with Gasteiger partial charge in [-0.15, -0.1) is 0 Å². The van der Waals surface area contributed by atoms with Gasteiger partial charge in [0.25, 0.3) is 0 Å². The van der Waals surface area contributed by atoms with Gasteiger partial charge in [-0.1, -0.05) is 23.2 Å². The smallest absolute Gasteiger partial charge is 0.435 e. The zero-order valence-corrected chi connectivity index (χ0v) is 20.1. The first-order valence-electron chi connectivity index (χ1n) is 10.7. The molecule has 0 bridgehead atoms. The number of halogens is 2. The molecule has 0 radical (unpaired) electrons. The minimum Gasteiger partial charge on any atom is -0.435 e. The van der Waals surface area contributed by atoms with Crippen molar-refractivity contribution in [2.75, 3.05) is 29.9 Å². The molecule has 1 aliphatic heterocycles. The van der Waals surface area contributed by atoms with Gasteiger partial charge >= 0.3 is 11.8 Å². The first-order chi connectivity index (χ1) is 16.9. The van der Waals surface area contributed by atoms with E-state index in [1.165, 1.54) is 12.7 Å². The highest BCUT2D eigenvalue weighted by Gasteiger charge is 2.31. The molecule has 4 rings (SSSR count). The Labute approximate surface area is 209 Å². The molecule has 1 aromatic carbocycles. The highest BCUT2D eigenvalue weighted by atomic mass is 35.5. The van der Waals surface area contributed by atoms with Crippen molar-refractivity contribution >= 4 is 52.4 Å². The van der Waals surface area contributed by atoms with Crippen LogP contribution in [0.15, 0.2) is 36.9 Å². The van der Waals surface area contributed by atoms with Crippen LogP contribution in [0.25, 0.3) is 5.69 Å². The molecule has 184 valence electrons. The van der Waals surface area contributed by atoms with Gasteiger partial charge in [-0.25, -0.2) is 19.7 Å².